The van der Waals surface area contributed by atoms with E-state index in [1.807, 2.05) is 12.1 Å². The number of aromatic nitrogens is 2. The fraction of sp³-hybridized carbons (Fsp3) is 0.125. The second-order valence-electron chi connectivity index (χ2n) is 17.2. The van der Waals surface area contributed by atoms with Gasteiger partial charge in [-0.15, -0.1) is 0 Å². The Balaban J connectivity index is 1.32. The van der Waals surface area contributed by atoms with E-state index < -0.39 is 0 Å². The smallest absolute Gasteiger partial charge is 0.359 e. The molecule has 4 aliphatic heterocycles. The van der Waals surface area contributed by atoms with Gasteiger partial charge in [-0.05, 0) is 81.7 Å². The van der Waals surface area contributed by atoms with Gasteiger partial charge in [0.2, 0.25) is 0 Å². The highest BCUT2D eigenvalue weighted by Gasteiger charge is 2.53. The average Bonchev–Trinajstić information content (AvgIpc) is 3.90. The van der Waals surface area contributed by atoms with Gasteiger partial charge in [-0.25, -0.2) is 8.78 Å². The second-order valence-corrected chi connectivity index (χ2v) is 17.2. The zero-order valence-corrected chi connectivity index (χ0v) is 31.4. The Morgan fingerprint density at radius 1 is 0.446 bits per heavy atom. The van der Waals surface area contributed by atoms with Crippen molar-refractivity contribution in [3.8, 4) is 0 Å². The van der Waals surface area contributed by atoms with E-state index in [-0.39, 0.29) is 36.4 Å². The van der Waals surface area contributed by atoms with E-state index in [0.717, 1.165) is 66.4 Å². The molecule has 0 saturated heterocycles. The third-order valence-corrected chi connectivity index (χ3v) is 13.8. The van der Waals surface area contributed by atoms with Crippen LogP contribution in [-0.4, -0.2) is 22.9 Å². The molecule has 0 fully saturated rings. The number of nitrogens with zero attached hydrogens (tertiary/aromatic N) is 4. The van der Waals surface area contributed by atoms with Crippen LogP contribution in [0.15, 0.2) is 133 Å². The van der Waals surface area contributed by atoms with Crippen molar-refractivity contribution in [3.05, 3.63) is 167 Å². The van der Waals surface area contributed by atoms with E-state index in [1.165, 1.54) is 33.2 Å². The Morgan fingerprint density at radius 2 is 0.821 bits per heavy atom. The van der Waals surface area contributed by atoms with Crippen LogP contribution in [0.5, 0.6) is 0 Å². The zero-order chi connectivity index (χ0) is 37.6. The maximum atomic E-state index is 15.9. The van der Waals surface area contributed by atoms with Crippen molar-refractivity contribution in [2.75, 3.05) is 9.62 Å². The normalized spacial score (nSPS) is 16.5. The Labute approximate surface area is 323 Å². The largest absolute Gasteiger partial charge is 0.421 e. The summed E-state index contributed by atoms with van der Waals surface area (Å²) in [5.74, 6) is -0.536. The standard InChI is InChI=1S/C48H34B2F2N4/c1-47(2)31-13-5-9-17-35(31)49-53-37-23-21-27(51)25-29(37)42-43(53)45(55(49)39-19-11-7-15-33(39)47)41-30-26-28(52)22-24-38(30)54-44(41)46(42)56-40-20-12-8-16-34(40)48(3,4)32-14-6-10-18-36(32)50(54)56/h5-26H,1-4H3. The third kappa shape index (κ3) is 3.38. The van der Waals surface area contributed by atoms with Gasteiger partial charge < -0.3 is 18.6 Å². The molecule has 0 atom stereocenters. The molecule has 9 aromatic rings. The molecule has 7 aromatic carbocycles. The Kier molecular flexibility index (Phi) is 5.50. The van der Waals surface area contributed by atoms with E-state index in [9.17, 15) is 0 Å². The average molecular weight is 726 g/mol. The lowest BCUT2D eigenvalue weighted by molar-refractivity contribution is 0.629. The molecule has 0 amide bonds. The van der Waals surface area contributed by atoms with Crippen molar-refractivity contribution in [3.63, 3.8) is 0 Å². The summed E-state index contributed by atoms with van der Waals surface area (Å²) >= 11 is 0. The van der Waals surface area contributed by atoms with Crippen molar-refractivity contribution >= 4 is 91.3 Å². The fourth-order valence-corrected chi connectivity index (χ4v) is 11.6. The summed E-state index contributed by atoms with van der Waals surface area (Å²) in [5, 5.41) is 3.79. The first-order valence-corrected chi connectivity index (χ1v) is 19.6. The summed E-state index contributed by atoms with van der Waals surface area (Å²) in [5.41, 5.74) is 15.1. The maximum absolute atomic E-state index is 15.9. The minimum atomic E-state index is -0.321. The highest BCUT2D eigenvalue weighted by Crippen LogP contribution is 2.60. The van der Waals surface area contributed by atoms with Crippen LogP contribution in [0.4, 0.5) is 31.5 Å². The molecule has 0 unspecified atom stereocenters. The number of fused-ring (bicyclic) bond motifs is 22. The predicted molar refractivity (Wildman–Crippen MR) is 228 cm³/mol. The van der Waals surface area contributed by atoms with Crippen LogP contribution in [-0.2, 0) is 10.8 Å². The van der Waals surface area contributed by atoms with Gasteiger partial charge in [-0.3, -0.25) is 0 Å². The van der Waals surface area contributed by atoms with Crippen LogP contribution in [0, 0.1) is 11.6 Å². The molecule has 0 N–H and O–H groups in total. The van der Waals surface area contributed by atoms with Crippen molar-refractivity contribution in [2.45, 2.75) is 38.5 Å². The van der Waals surface area contributed by atoms with E-state index in [0.29, 0.717) is 0 Å². The molecule has 0 saturated carbocycles. The van der Waals surface area contributed by atoms with Gasteiger partial charge in [0.05, 0.1) is 22.4 Å². The predicted octanol–water partition coefficient (Wildman–Crippen LogP) is 10.2. The molecule has 4 aliphatic rings. The van der Waals surface area contributed by atoms with Crippen LogP contribution in [0.25, 0.3) is 43.6 Å². The number of hydrogen-bond donors (Lipinski definition) is 0. The fourth-order valence-electron chi connectivity index (χ4n) is 11.6. The van der Waals surface area contributed by atoms with Gasteiger partial charge in [0.25, 0.3) is 0 Å². The molecule has 266 valence electrons. The number of hydrogen-bond acceptors (Lipinski definition) is 2. The summed E-state index contributed by atoms with van der Waals surface area (Å²) < 4.78 is 36.6. The van der Waals surface area contributed by atoms with Crippen LogP contribution in [0.1, 0.15) is 49.9 Å². The van der Waals surface area contributed by atoms with Crippen LogP contribution in [0.2, 0.25) is 0 Å². The number of rotatable bonds is 0. The molecular weight excluding hydrogens is 692 g/mol. The molecular formula is C48H34B2F2N4. The van der Waals surface area contributed by atoms with Crippen LogP contribution in [0.3, 0.4) is 0 Å². The molecule has 56 heavy (non-hydrogen) atoms. The van der Waals surface area contributed by atoms with Gasteiger partial charge in [0.15, 0.2) is 0 Å². The van der Waals surface area contributed by atoms with E-state index in [4.69, 9.17) is 0 Å². The highest BCUT2D eigenvalue weighted by atomic mass is 19.1. The number of anilines is 4. The molecule has 13 rings (SSSR count). The minimum absolute atomic E-state index is 0.268. The van der Waals surface area contributed by atoms with Crippen molar-refractivity contribution in [2.24, 2.45) is 0 Å². The number of benzene rings is 7. The van der Waals surface area contributed by atoms with Gasteiger partial charge in [0.1, 0.15) is 11.6 Å². The first kappa shape index (κ1) is 31.0. The first-order valence-electron chi connectivity index (χ1n) is 19.6. The van der Waals surface area contributed by atoms with Gasteiger partial charge in [-0.2, -0.15) is 0 Å². The number of halogens is 2. The van der Waals surface area contributed by atoms with E-state index in [2.05, 4.69) is 143 Å². The van der Waals surface area contributed by atoms with Crippen LogP contribution >= 0.6 is 0 Å². The molecule has 4 nitrogen and oxygen atoms in total. The van der Waals surface area contributed by atoms with Gasteiger partial charge in [0, 0.05) is 54.8 Å². The summed E-state index contributed by atoms with van der Waals surface area (Å²) in [6, 6.07) is 45.8. The van der Waals surface area contributed by atoms with Crippen molar-refractivity contribution in [1.29, 1.82) is 0 Å². The summed E-state index contributed by atoms with van der Waals surface area (Å²) in [4.78, 5) is 5.05. The minimum Gasteiger partial charge on any atom is -0.359 e. The number of para-hydroxylation sites is 2. The molecule has 6 heterocycles. The summed E-state index contributed by atoms with van der Waals surface area (Å²) in [7, 11) is 0. The topological polar surface area (TPSA) is 16.3 Å². The Hall–Kier alpha value is -6.27. The molecule has 2 aromatic heterocycles. The highest BCUT2D eigenvalue weighted by molar-refractivity contribution is 6.84. The lowest BCUT2D eigenvalue weighted by atomic mass is 9.62. The third-order valence-electron chi connectivity index (χ3n) is 13.8. The molecule has 0 bridgehead atoms. The quantitative estimate of drug-likeness (QED) is 0.145. The zero-order valence-electron chi connectivity index (χ0n) is 31.4. The molecule has 8 heteroatoms. The Bertz CT molecular complexity index is 3070. The van der Waals surface area contributed by atoms with E-state index >= 15 is 8.78 Å². The maximum Gasteiger partial charge on any atom is 0.421 e. The van der Waals surface area contributed by atoms with E-state index in [1.54, 1.807) is 24.3 Å². The lowest BCUT2D eigenvalue weighted by Gasteiger charge is -2.31. The van der Waals surface area contributed by atoms with Gasteiger partial charge in [-0.1, -0.05) is 113 Å². The SMILES string of the molecule is CC1(C)c2ccccc2B2N(c3ccccc31)c1c3c4cc(F)ccc4n4c3c(c3c5cc(F)ccc5n2c13)N1B4c2ccccc2C(C)(C)c2ccccc21. The summed E-state index contributed by atoms with van der Waals surface area (Å²) in [6.45, 7) is 8.73. The van der Waals surface area contributed by atoms with Gasteiger partial charge >= 0.3 is 14.0 Å². The molecule has 0 spiro atoms. The van der Waals surface area contributed by atoms with Crippen molar-refractivity contribution in [1.82, 2.24) is 8.96 Å². The van der Waals surface area contributed by atoms with Crippen LogP contribution < -0.4 is 20.5 Å². The first-order chi connectivity index (χ1) is 27.2. The Morgan fingerprint density at radius 3 is 1.25 bits per heavy atom. The monoisotopic (exact) mass is 726 g/mol. The summed E-state index contributed by atoms with van der Waals surface area (Å²) in [6.07, 6.45) is 0. The second kappa shape index (κ2) is 9.93. The molecule has 0 radical (unpaired) electrons. The lowest BCUT2D eigenvalue weighted by Crippen LogP contribution is -2.49. The molecule has 0 aliphatic carbocycles. The van der Waals surface area contributed by atoms with Crippen molar-refractivity contribution < 1.29 is 8.78 Å².